The van der Waals surface area contributed by atoms with Gasteiger partial charge in [0.15, 0.2) is 25.2 Å². The van der Waals surface area contributed by atoms with E-state index in [1.165, 1.54) is 14.0 Å². The molecule has 4 aliphatic carbocycles. The fourth-order valence-electron chi connectivity index (χ4n) is 16.2. The molecule has 22 unspecified atom stereocenters. The SMILES string of the molecule is C=C(C)[C@@H](O)CC[C@]1(C)OC(=O)C23[C@@H](O)C=C4[C@@H](CCC5C(C)(C)C(OC6OCC(OS(=O)(=O)[O-])C(O)C6OC6OC(C)C(OC7OC(CO)C(O)C(OC8OC(CO)C(O)C(OC)C8O)C7O)C(O)C6O)CC[C@]45C)[C@]2(C)CC[C@@]31O.[Na+]. The van der Waals surface area contributed by atoms with Gasteiger partial charge >= 0.3 is 35.5 Å². The van der Waals surface area contributed by atoms with Crippen LogP contribution in [-0.2, 0) is 66.7 Å². The summed E-state index contributed by atoms with van der Waals surface area (Å²) < 4.78 is 99.5. The summed E-state index contributed by atoms with van der Waals surface area (Å²) in [5.41, 5.74) is -5.65. The summed E-state index contributed by atoms with van der Waals surface area (Å²) in [6.45, 7) is 14.4. The third-order valence-electron chi connectivity index (χ3n) is 20.8. The summed E-state index contributed by atoms with van der Waals surface area (Å²) in [5, 5.41) is 135. The minimum atomic E-state index is -5.45. The largest absolute Gasteiger partial charge is 1.00 e. The molecule has 5 aliphatic heterocycles. The Bertz CT molecular complexity index is 2480. The van der Waals surface area contributed by atoms with E-state index in [1.54, 1.807) is 19.9 Å². The fourth-order valence-corrected chi connectivity index (χ4v) is 16.7. The van der Waals surface area contributed by atoms with E-state index in [4.69, 9.17) is 47.4 Å². The molecule has 12 N–H and O–H groups in total. The number of hydrogen-bond donors (Lipinski definition) is 12. The molecule has 5 heterocycles. The van der Waals surface area contributed by atoms with Crippen LogP contribution in [0.5, 0.6) is 0 Å². The van der Waals surface area contributed by atoms with Crippen molar-refractivity contribution in [2.75, 3.05) is 26.9 Å². The van der Waals surface area contributed by atoms with E-state index in [9.17, 15) is 79.0 Å². The van der Waals surface area contributed by atoms with Gasteiger partial charge in [-0.1, -0.05) is 51.5 Å². The van der Waals surface area contributed by atoms with Crippen LogP contribution in [0, 0.1) is 33.5 Å². The second-order valence-corrected chi connectivity index (χ2v) is 26.6. The van der Waals surface area contributed by atoms with Crippen molar-refractivity contribution in [3.63, 3.8) is 0 Å². The van der Waals surface area contributed by atoms with Crippen molar-refractivity contribution < 1.29 is 160 Å². The molecule has 29 heteroatoms. The van der Waals surface area contributed by atoms with Crippen LogP contribution < -0.4 is 29.6 Å². The van der Waals surface area contributed by atoms with E-state index in [0.717, 1.165) is 5.57 Å². The van der Waals surface area contributed by atoms with E-state index < -0.39 is 204 Å². The van der Waals surface area contributed by atoms with Gasteiger partial charge in [0.2, 0.25) is 10.4 Å². The molecule has 470 valence electrons. The molecule has 0 amide bonds. The van der Waals surface area contributed by atoms with Gasteiger partial charge in [0.25, 0.3) is 0 Å². The van der Waals surface area contributed by atoms with Crippen molar-refractivity contribution >= 4 is 16.4 Å². The zero-order valence-electron chi connectivity index (χ0n) is 48.3. The summed E-state index contributed by atoms with van der Waals surface area (Å²) in [7, 11) is -4.28. The Morgan fingerprint density at radius 1 is 0.759 bits per heavy atom. The Kier molecular flexibility index (Phi) is 20.2. The van der Waals surface area contributed by atoms with Gasteiger partial charge < -0.3 is 113 Å². The first kappa shape index (κ1) is 67.9. The van der Waals surface area contributed by atoms with Gasteiger partial charge in [-0.15, -0.1) is 0 Å². The zero-order valence-corrected chi connectivity index (χ0v) is 51.1. The number of cyclic esters (lactones) is 1. The first-order valence-corrected chi connectivity index (χ1v) is 29.6. The average Bonchev–Trinajstić information content (AvgIpc) is 1.52. The topological polar surface area (TPSA) is 419 Å². The normalized spacial score (nSPS) is 50.8. The number of aliphatic hydroxyl groups is 12. The number of ether oxygens (including phenoxy) is 10. The number of rotatable bonds is 17. The Labute approximate surface area is 504 Å². The van der Waals surface area contributed by atoms with Crippen LogP contribution in [0.4, 0.5) is 0 Å². The fraction of sp³-hybridized carbons (Fsp3) is 0.907. The Balaban J connectivity index is 0.00000900. The molecule has 83 heavy (non-hydrogen) atoms. The summed E-state index contributed by atoms with van der Waals surface area (Å²) in [6, 6.07) is 0. The molecule has 0 aromatic heterocycles. The van der Waals surface area contributed by atoms with E-state index in [0.29, 0.717) is 37.7 Å². The molecule has 0 aromatic carbocycles. The van der Waals surface area contributed by atoms with Gasteiger partial charge in [-0.2, -0.15) is 0 Å². The molecular weight excluding hydrogens is 1140 g/mol. The smallest absolute Gasteiger partial charge is 0.726 e. The molecule has 29 atom stereocenters. The first-order chi connectivity index (χ1) is 38.2. The van der Waals surface area contributed by atoms with Crippen molar-refractivity contribution in [3.05, 3.63) is 23.8 Å². The third-order valence-corrected chi connectivity index (χ3v) is 21.3. The van der Waals surface area contributed by atoms with Crippen LogP contribution in [0.15, 0.2) is 23.8 Å². The van der Waals surface area contributed by atoms with Gasteiger partial charge in [0, 0.05) is 7.11 Å². The summed E-state index contributed by atoms with van der Waals surface area (Å²) >= 11 is 0. The average molecular weight is 1220 g/mol. The monoisotopic (exact) mass is 1220 g/mol. The molecule has 0 aromatic rings. The molecule has 0 radical (unpaired) electrons. The Hall–Kier alpha value is -1.02. The Morgan fingerprint density at radius 3 is 1.93 bits per heavy atom. The van der Waals surface area contributed by atoms with Crippen molar-refractivity contribution in [3.8, 4) is 0 Å². The van der Waals surface area contributed by atoms with Gasteiger partial charge in [-0.3, -0.25) is 8.98 Å². The van der Waals surface area contributed by atoms with E-state index in [-0.39, 0.29) is 60.7 Å². The minimum Gasteiger partial charge on any atom is -0.726 e. The molecule has 0 bridgehead atoms. The van der Waals surface area contributed by atoms with Crippen LogP contribution in [0.1, 0.15) is 99.8 Å². The predicted octanol–water partition coefficient (Wildman–Crippen LogP) is -5.84. The molecule has 1 spiro atoms. The Morgan fingerprint density at radius 2 is 1.34 bits per heavy atom. The maximum absolute atomic E-state index is 14.5. The second kappa shape index (κ2) is 24.6. The van der Waals surface area contributed by atoms with E-state index >= 15 is 0 Å². The molecular formula is C54H85NaO27S. The number of carbonyl (C=O) groups excluding carboxylic acids is 1. The van der Waals surface area contributed by atoms with Gasteiger partial charge in [-0.25, -0.2) is 8.42 Å². The minimum absolute atomic E-state index is 0. The van der Waals surface area contributed by atoms with Crippen molar-refractivity contribution in [2.24, 2.45) is 33.5 Å². The summed E-state index contributed by atoms with van der Waals surface area (Å²) in [6.07, 6.45) is -31.0. The molecule has 8 fully saturated rings. The number of allylic oxidation sites excluding steroid dienone is 1. The third kappa shape index (κ3) is 11.1. The first-order valence-electron chi connectivity index (χ1n) is 28.3. The maximum atomic E-state index is 14.5. The number of methoxy groups -OCH3 is 1. The summed E-state index contributed by atoms with van der Waals surface area (Å²) in [5.74, 6) is -1.08. The van der Waals surface area contributed by atoms with Crippen molar-refractivity contribution in [2.45, 2.75) is 246 Å². The number of esters is 1. The number of fused-ring (bicyclic) bond motifs is 4. The quantitative estimate of drug-likeness (QED) is 0.0161. The summed E-state index contributed by atoms with van der Waals surface area (Å²) in [4.78, 5) is 14.5. The molecule has 9 aliphatic rings. The van der Waals surface area contributed by atoms with Crippen LogP contribution in [0.2, 0.25) is 0 Å². The van der Waals surface area contributed by atoms with Gasteiger partial charge in [0.05, 0.1) is 44.2 Å². The van der Waals surface area contributed by atoms with Crippen molar-refractivity contribution in [1.29, 1.82) is 0 Å². The molecule has 5 saturated heterocycles. The van der Waals surface area contributed by atoms with Crippen LogP contribution >= 0.6 is 0 Å². The number of carbonyl (C=O) groups is 1. The van der Waals surface area contributed by atoms with E-state index in [2.05, 4.69) is 17.7 Å². The molecule has 9 rings (SSSR count). The predicted molar refractivity (Wildman–Crippen MR) is 273 cm³/mol. The standard InChI is InChI=1S/C54H86O27S.Na/c1-22(2)26(57)12-15-52(8)53(67)17-16-51(7)24-10-11-30-49(4,5)32(13-14-50(30,6)25(24)18-31(58)54(51,53)48(66)80-52)76-47-43(35(61)29(21-72-47)81-82(68,69)70)79-44-37(63)36(62)40(23(3)73-44)77-46-39(65)42(34(60)28(20-56)75-46)78-45-38(64)41(71-9)33(59)27(19-55)74-45;/h18,23-24,26-47,55-65,67H,1,10-17,19-21H2,2-9H3,(H,68,69,70);/q;+1/p-1/t23?,24-,26+,27?,28?,29?,30?,31+,32?,33?,34?,35?,36?,37?,38?,39?,40?,41?,42?,43?,44?,45?,46?,47?,50-,51+,52+,53+,54?;/m1./s1. The van der Waals surface area contributed by atoms with Crippen molar-refractivity contribution in [1.82, 2.24) is 0 Å². The van der Waals surface area contributed by atoms with E-state index in [1.807, 2.05) is 20.8 Å². The van der Waals surface area contributed by atoms with Crippen LogP contribution in [0.3, 0.4) is 0 Å². The maximum Gasteiger partial charge on any atom is 1.00 e. The van der Waals surface area contributed by atoms with Gasteiger partial charge in [-0.05, 0) is 100 Å². The van der Waals surface area contributed by atoms with Crippen LogP contribution in [-0.4, -0.2) is 253 Å². The molecule has 27 nitrogen and oxygen atoms in total. The number of hydrogen-bond acceptors (Lipinski definition) is 27. The zero-order chi connectivity index (χ0) is 60.4. The number of aliphatic hydroxyl groups excluding tert-OH is 11. The molecule has 3 saturated carbocycles. The second-order valence-electron chi connectivity index (χ2n) is 25.6. The van der Waals surface area contributed by atoms with Gasteiger partial charge in [0.1, 0.15) is 102 Å². The van der Waals surface area contributed by atoms with Crippen LogP contribution in [0.25, 0.3) is 0 Å².